The first-order chi connectivity index (χ1) is 13.4. The van der Waals surface area contributed by atoms with E-state index in [9.17, 15) is 19.1 Å². The summed E-state index contributed by atoms with van der Waals surface area (Å²) in [5, 5.41) is 11.6. The van der Waals surface area contributed by atoms with E-state index in [0.717, 1.165) is 10.5 Å². The van der Waals surface area contributed by atoms with Crippen LogP contribution in [-0.2, 0) is 15.2 Å². The molecule has 28 heavy (non-hydrogen) atoms. The lowest BCUT2D eigenvalue weighted by Gasteiger charge is -2.40. The number of imide groups is 1. The molecule has 2 aliphatic rings. The maximum Gasteiger partial charge on any atom is 0.251 e. The number of hydrogen-bond acceptors (Lipinski definition) is 4. The number of carbonyl (C=O) groups excluding carboxylic acids is 2. The minimum absolute atomic E-state index is 0.0928. The van der Waals surface area contributed by atoms with Crippen LogP contribution in [0.3, 0.4) is 0 Å². The zero-order valence-corrected chi connectivity index (χ0v) is 15.9. The Labute approximate surface area is 167 Å². The lowest BCUT2D eigenvalue weighted by molar-refractivity contribution is -0.124. The molecule has 2 saturated heterocycles. The molecule has 0 bridgehead atoms. The van der Waals surface area contributed by atoms with Crippen LogP contribution >= 0.6 is 11.6 Å². The highest BCUT2D eigenvalue weighted by molar-refractivity contribution is 6.30. The third kappa shape index (κ3) is 3.43. The number of anilines is 1. The molecule has 0 aliphatic carbocycles. The van der Waals surface area contributed by atoms with Gasteiger partial charge in [0.15, 0.2) is 0 Å². The van der Waals surface area contributed by atoms with E-state index < -0.39 is 17.5 Å². The molecule has 0 aromatic heterocycles. The van der Waals surface area contributed by atoms with Crippen LogP contribution in [0.2, 0.25) is 5.02 Å². The van der Waals surface area contributed by atoms with Gasteiger partial charge in [0, 0.05) is 18.1 Å². The van der Waals surface area contributed by atoms with Gasteiger partial charge in [-0.15, -0.1) is 0 Å². The van der Waals surface area contributed by atoms with Gasteiger partial charge in [0.25, 0.3) is 5.91 Å². The molecule has 2 amide bonds. The fourth-order valence-electron chi connectivity index (χ4n) is 4.02. The van der Waals surface area contributed by atoms with Crippen LogP contribution in [0.4, 0.5) is 10.1 Å². The Morgan fingerprint density at radius 2 is 1.61 bits per heavy atom. The zero-order chi connectivity index (χ0) is 19.9. The number of nitrogens with zero attached hydrogens (tertiary/aromatic N) is 2. The second-order valence-corrected chi connectivity index (χ2v) is 7.77. The number of piperidine rings is 1. The highest BCUT2D eigenvalue weighted by Crippen LogP contribution is 2.36. The highest BCUT2D eigenvalue weighted by atomic mass is 35.5. The van der Waals surface area contributed by atoms with Gasteiger partial charge in [-0.1, -0.05) is 23.7 Å². The van der Waals surface area contributed by atoms with Gasteiger partial charge < -0.3 is 5.11 Å². The van der Waals surface area contributed by atoms with Crippen molar-refractivity contribution in [2.24, 2.45) is 0 Å². The number of likely N-dealkylation sites (tertiary alicyclic amines) is 1. The number of halogens is 2. The summed E-state index contributed by atoms with van der Waals surface area (Å²) >= 11 is 5.92. The first-order valence-electron chi connectivity index (χ1n) is 9.22. The molecule has 0 spiro atoms. The van der Waals surface area contributed by atoms with E-state index in [4.69, 9.17) is 11.6 Å². The number of benzene rings is 2. The van der Waals surface area contributed by atoms with Crippen molar-refractivity contribution in [2.45, 2.75) is 30.9 Å². The van der Waals surface area contributed by atoms with Crippen LogP contribution in [0.5, 0.6) is 0 Å². The van der Waals surface area contributed by atoms with Gasteiger partial charge in [0.1, 0.15) is 5.82 Å². The monoisotopic (exact) mass is 402 g/mol. The average molecular weight is 403 g/mol. The van der Waals surface area contributed by atoms with Crippen LogP contribution in [0, 0.1) is 5.82 Å². The van der Waals surface area contributed by atoms with E-state index in [1.165, 1.54) is 24.3 Å². The molecular formula is C21H20ClFN2O3. The third-order valence-electron chi connectivity index (χ3n) is 5.66. The van der Waals surface area contributed by atoms with Crippen LogP contribution in [0.15, 0.2) is 48.5 Å². The molecule has 4 rings (SSSR count). The molecule has 146 valence electrons. The quantitative estimate of drug-likeness (QED) is 0.801. The van der Waals surface area contributed by atoms with Gasteiger partial charge in [-0.3, -0.25) is 14.5 Å². The summed E-state index contributed by atoms with van der Waals surface area (Å²) in [4.78, 5) is 28.4. The summed E-state index contributed by atoms with van der Waals surface area (Å²) in [5.41, 5.74) is 0.218. The smallest absolute Gasteiger partial charge is 0.251 e. The van der Waals surface area contributed by atoms with E-state index in [1.807, 2.05) is 17.0 Å². The number of carbonyl (C=O) groups is 2. The van der Waals surface area contributed by atoms with E-state index >= 15 is 0 Å². The minimum atomic E-state index is -0.969. The second kappa shape index (κ2) is 7.28. The normalized spacial score (nSPS) is 22.7. The predicted octanol–water partition coefficient (Wildman–Crippen LogP) is 3.09. The standard InChI is InChI=1S/C21H20ClFN2O3/c22-15-3-1-14(2-4-15)21(28)9-11-24(12-10-21)18-13-19(26)25(20(18)27)17-7-5-16(23)6-8-17/h1-8,18,28H,9-13H2. The molecule has 2 aromatic rings. The van der Waals surface area contributed by atoms with Crippen LogP contribution < -0.4 is 4.90 Å². The van der Waals surface area contributed by atoms with Crippen molar-refractivity contribution in [3.63, 3.8) is 0 Å². The third-order valence-corrected chi connectivity index (χ3v) is 5.91. The van der Waals surface area contributed by atoms with Gasteiger partial charge in [0.2, 0.25) is 5.91 Å². The van der Waals surface area contributed by atoms with E-state index in [-0.39, 0.29) is 18.2 Å². The average Bonchev–Trinajstić information content (AvgIpc) is 2.98. The van der Waals surface area contributed by atoms with Gasteiger partial charge in [-0.2, -0.15) is 0 Å². The molecule has 0 radical (unpaired) electrons. The van der Waals surface area contributed by atoms with Crippen LogP contribution in [0.25, 0.3) is 0 Å². The van der Waals surface area contributed by atoms with Crippen molar-refractivity contribution in [3.8, 4) is 0 Å². The summed E-state index contributed by atoms with van der Waals surface area (Å²) in [7, 11) is 0. The molecular weight excluding hydrogens is 383 g/mol. The summed E-state index contributed by atoms with van der Waals surface area (Å²) in [6, 6.07) is 11.9. The Morgan fingerprint density at radius 3 is 2.21 bits per heavy atom. The molecule has 2 heterocycles. The van der Waals surface area contributed by atoms with Crippen molar-refractivity contribution < 1.29 is 19.1 Å². The molecule has 2 aliphatic heterocycles. The van der Waals surface area contributed by atoms with Crippen molar-refractivity contribution in [3.05, 3.63) is 64.9 Å². The molecule has 5 nitrogen and oxygen atoms in total. The maximum atomic E-state index is 13.1. The predicted molar refractivity (Wildman–Crippen MR) is 103 cm³/mol. The summed E-state index contributed by atoms with van der Waals surface area (Å²) < 4.78 is 13.1. The number of hydrogen-bond donors (Lipinski definition) is 1. The number of aliphatic hydroxyl groups is 1. The fraction of sp³-hybridized carbons (Fsp3) is 0.333. The summed E-state index contributed by atoms with van der Waals surface area (Å²) in [6.07, 6.45) is 1.02. The largest absolute Gasteiger partial charge is 0.385 e. The second-order valence-electron chi connectivity index (χ2n) is 7.34. The Balaban J connectivity index is 1.46. The van der Waals surface area contributed by atoms with Crippen molar-refractivity contribution in [1.29, 1.82) is 0 Å². The van der Waals surface area contributed by atoms with Gasteiger partial charge in [-0.25, -0.2) is 9.29 Å². The molecule has 7 heteroatoms. The molecule has 2 fully saturated rings. The summed E-state index contributed by atoms with van der Waals surface area (Å²) in [6.45, 7) is 1.00. The van der Waals surface area contributed by atoms with Crippen molar-refractivity contribution in [2.75, 3.05) is 18.0 Å². The first kappa shape index (κ1) is 19.1. The maximum absolute atomic E-state index is 13.1. The molecule has 1 N–H and O–H groups in total. The SMILES string of the molecule is O=C1CC(N2CCC(O)(c3ccc(Cl)cc3)CC2)C(=O)N1c1ccc(F)cc1. The van der Waals surface area contributed by atoms with E-state index in [2.05, 4.69) is 0 Å². The molecule has 1 unspecified atom stereocenters. The van der Waals surface area contributed by atoms with Crippen LogP contribution in [0.1, 0.15) is 24.8 Å². The van der Waals surface area contributed by atoms with Gasteiger partial charge >= 0.3 is 0 Å². The molecule has 2 aromatic carbocycles. The Kier molecular flexibility index (Phi) is 4.95. The Bertz CT molecular complexity index is 893. The van der Waals surface area contributed by atoms with Crippen molar-refractivity contribution in [1.82, 2.24) is 4.90 Å². The van der Waals surface area contributed by atoms with Crippen molar-refractivity contribution >= 4 is 29.1 Å². The fourth-order valence-corrected chi connectivity index (χ4v) is 4.14. The topological polar surface area (TPSA) is 60.9 Å². The van der Waals surface area contributed by atoms with E-state index in [0.29, 0.717) is 36.6 Å². The Hall–Kier alpha value is -2.28. The lowest BCUT2D eigenvalue weighted by atomic mass is 9.84. The zero-order valence-electron chi connectivity index (χ0n) is 15.1. The van der Waals surface area contributed by atoms with Crippen LogP contribution in [-0.4, -0.2) is 41.0 Å². The van der Waals surface area contributed by atoms with E-state index in [1.54, 1.807) is 12.1 Å². The number of rotatable bonds is 3. The number of amides is 2. The molecule has 0 saturated carbocycles. The lowest BCUT2D eigenvalue weighted by Crippen LogP contribution is -2.49. The highest BCUT2D eigenvalue weighted by Gasteiger charge is 2.45. The van der Waals surface area contributed by atoms with Gasteiger partial charge in [0.05, 0.1) is 23.8 Å². The Morgan fingerprint density at radius 1 is 1.00 bits per heavy atom. The summed E-state index contributed by atoms with van der Waals surface area (Å²) in [5.74, 6) is -1.01. The molecule has 1 atom stereocenters. The minimum Gasteiger partial charge on any atom is -0.385 e. The van der Waals surface area contributed by atoms with Gasteiger partial charge in [-0.05, 0) is 54.8 Å². The first-order valence-corrected chi connectivity index (χ1v) is 9.60.